The van der Waals surface area contributed by atoms with Gasteiger partial charge in [-0.25, -0.2) is 9.97 Å². The van der Waals surface area contributed by atoms with Crippen LogP contribution in [0.3, 0.4) is 0 Å². The summed E-state index contributed by atoms with van der Waals surface area (Å²) >= 11 is 0. The fourth-order valence-electron chi connectivity index (χ4n) is 1.73. The topological polar surface area (TPSA) is 38.9 Å². The molecule has 0 aliphatic rings. The van der Waals surface area contributed by atoms with Gasteiger partial charge in [-0.2, -0.15) is 0 Å². The van der Waals surface area contributed by atoms with Gasteiger partial charge in [0.2, 0.25) is 5.71 Å². The molecule has 0 fully saturated rings. The summed E-state index contributed by atoms with van der Waals surface area (Å²) in [5.41, 5.74) is 4.48. The van der Waals surface area contributed by atoms with Crippen LogP contribution in [0.25, 0.3) is 22.2 Å². The maximum Gasteiger partial charge on any atom is 0.228 e. The van der Waals surface area contributed by atoms with E-state index in [0.717, 1.165) is 27.7 Å². The van der Waals surface area contributed by atoms with Crippen molar-refractivity contribution in [2.24, 2.45) is 0 Å². The number of hydrogen-bond acceptors (Lipinski definition) is 3. The number of aryl methyl sites for hydroxylation is 2. The van der Waals surface area contributed by atoms with Crippen LogP contribution in [0.1, 0.15) is 11.3 Å². The summed E-state index contributed by atoms with van der Waals surface area (Å²) in [4.78, 5) is 8.71. The maximum absolute atomic E-state index is 5.59. The molecule has 3 aromatic rings. The molecule has 0 N–H and O–H groups in total. The molecule has 0 bridgehead atoms. The van der Waals surface area contributed by atoms with Gasteiger partial charge in [0.25, 0.3) is 0 Å². The van der Waals surface area contributed by atoms with Gasteiger partial charge in [-0.15, -0.1) is 0 Å². The minimum absolute atomic E-state index is 0.661. The largest absolute Gasteiger partial charge is 0.436 e. The molecule has 3 heterocycles. The van der Waals surface area contributed by atoms with Gasteiger partial charge in [0, 0.05) is 11.9 Å². The van der Waals surface area contributed by atoms with Crippen LogP contribution >= 0.6 is 0 Å². The highest BCUT2D eigenvalue weighted by Crippen LogP contribution is 2.26. The van der Waals surface area contributed by atoms with Crippen molar-refractivity contribution < 1.29 is 4.42 Å². The highest BCUT2D eigenvalue weighted by Gasteiger charge is 2.08. The standard InChI is InChI=1S/C12H10N2O/c1-7-5-9-11-10(4-3-8(2)14-11)15-12(9)13-6-7/h3-6H,1-2H3. The molecule has 0 atom stereocenters. The van der Waals surface area contributed by atoms with E-state index >= 15 is 0 Å². The monoisotopic (exact) mass is 198 g/mol. The second-order valence-electron chi connectivity index (χ2n) is 3.77. The quantitative estimate of drug-likeness (QED) is 0.557. The Bertz CT molecular complexity index is 599. The average molecular weight is 198 g/mol. The lowest BCUT2D eigenvalue weighted by Gasteiger charge is -1.91. The van der Waals surface area contributed by atoms with Crippen LogP contribution in [0.5, 0.6) is 0 Å². The van der Waals surface area contributed by atoms with Crippen LogP contribution in [0, 0.1) is 13.8 Å². The van der Waals surface area contributed by atoms with Gasteiger partial charge in [-0.1, -0.05) is 0 Å². The summed E-state index contributed by atoms with van der Waals surface area (Å²) in [6.45, 7) is 3.99. The number of rotatable bonds is 0. The first kappa shape index (κ1) is 8.41. The summed E-state index contributed by atoms with van der Waals surface area (Å²) in [6, 6.07) is 5.94. The molecule has 3 heteroatoms. The van der Waals surface area contributed by atoms with Crippen molar-refractivity contribution in [3.05, 3.63) is 35.7 Å². The molecule has 0 unspecified atom stereocenters. The Morgan fingerprint density at radius 1 is 1.20 bits per heavy atom. The number of nitrogens with zero attached hydrogens (tertiary/aromatic N) is 2. The normalized spacial score (nSPS) is 11.3. The van der Waals surface area contributed by atoms with Crippen molar-refractivity contribution in [3.8, 4) is 0 Å². The van der Waals surface area contributed by atoms with E-state index in [-0.39, 0.29) is 0 Å². The van der Waals surface area contributed by atoms with E-state index in [1.54, 1.807) is 6.20 Å². The van der Waals surface area contributed by atoms with Crippen LogP contribution in [0.4, 0.5) is 0 Å². The lowest BCUT2D eigenvalue weighted by atomic mass is 10.2. The van der Waals surface area contributed by atoms with Crippen LogP contribution in [-0.4, -0.2) is 9.97 Å². The molecular weight excluding hydrogens is 188 g/mol. The number of pyridine rings is 2. The third-order valence-electron chi connectivity index (χ3n) is 2.45. The van der Waals surface area contributed by atoms with Gasteiger partial charge < -0.3 is 4.42 Å². The van der Waals surface area contributed by atoms with Gasteiger partial charge in [-0.3, -0.25) is 0 Å². The summed E-state index contributed by atoms with van der Waals surface area (Å²) < 4.78 is 5.59. The fraction of sp³-hybridized carbons (Fsp3) is 0.167. The molecule has 0 saturated heterocycles. The molecule has 74 valence electrons. The molecular formula is C12H10N2O. The van der Waals surface area contributed by atoms with E-state index in [4.69, 9.17) is 4.42 Å². The van der Waals surface area contributed by atoms with E-state index in [0.29, 0.717) is 5.71 Å². The summed E-state index contributed by atoms with van der Waals surface area (Å²) in [6.07, 6.45) is 1.80. The average Bonchev–Trinajstić information content (AvgIpc) is 2.56. The lowest BCUT2D eigenvalue weighted by Crippen LogP contribution is -1.80. The number of fused-ring (bicyclic) bond motifs is 3. The third-order valence-corrected chi connectivity index (χ3v) is 2.45. The highest BCUT2D eigenvalue weighted by atomic mass is 16.3. The predicted molar refractivity (Wildman–Crippen MR) is 58.8 cm³/mol. The van der Waals surface area contributed by atoms with Crippen LogP contribution < -0.4 is 0 Å². The zero-order valence-electron chi connectivity index (χ0n) is 8.61. The first-order valence-electron chi connectivity index (χ1n) is 4.86. The Kier molecular flexibility index (Phi) is 1.57. The minimum Gasteiger partial charge on any atom is -0.436 e. The van der Waals surface area contributed by atoms with Gasteiger partial charge in [0.1, 0.15) is 5.52 Å². The summed E-state index contributed by atoms with van der Waals surface area (Å²) in [5.74, 6) is 0. The van der Waals surface area contributed by atoms with Crippen molar-refractivity contribution >= 4 is 22.2 Å². The second kappa shape index (κ2) is 2.79. The molecule has 3 nitrogen and oxygen atoms in total. The van der Waals surface area contributed by atoms with Crippen molar-refractivity contribution in [1.29, 1.82) is 0 Å². The molecule has 0 saturated carbocycles. The minimum atomic E-state index is 0.661. The molecule has 0 spiro atoms. The van der Waals surface area contributed by atoms with E-state index in [9.17, 15) is 0 Å². The molecule has 3 aromatic heterocycles. The Hall–Kier alpha value is -1.90. The molecule has 0 aliphatic carbocycles. The van der Waals surface area contributed by atoms with E-state index in [1.165, 1.54) is 0 Å². The smallest absolute Gasteiger partial charge is 0.228 e. The summed E-state index contributed by atoms with van der Waals surface area (Å²) in [5, 5.41) is 0.994. The Morgan fingerprint density at radius 2 is 2.07 bits per heavy atom. The van der Waals surface area contributed by atoms with Gasteiger partial charge in [-0.05, 0) is 37.6 Å². The number of hydrogen-bond donors (Lipinski definition) is 0. The SMILES string of the molecule is Cc1cnc2oc3ccc(C)nc3c2c1. The predicted octanol–water partition coefficient (Wildman–Crippen LogP) is 2.99. The van der Waals surface area contributed by atoms with Gasteiger partial charge in [0.05, 0.1) is 5.39 Å². The van der Waals surface area contributed by atoms with Crippen LogP contribution in [0.2, 0.25) is 0 Å². The molecule has 3 rings (SSSR count). The maximum atomic E-state index is 5.59. The van der Waals surface area contributed by atoms with Crippen LogP contribution in [-0.2, 0) is 0 Å². The van der Waals surface area contributed by atoms with E-state index in [2.05, 4.69) is 16.0 Å². The lowest BCUT2D eigenvalue weighted by molar-refractivity contribution is 0.653. The second-order valence-corrected chi connectivity index (χ2v) is 3.77. The molecule has 0 amide bonds. The number of aromatic nitrogens is 2. The third kappa shape index (κ3) is 1.20. The molecule has 0 aliphatic heterocycles. The van der Waals surface area contributed by atoms with Gasteiger partial charge in [0.15, 0.2) is 5.58 Å². The zero-order chi connectivity index (χ0) is 10.4. The molecule has 0 aromatic carbocycles. The van der Waals surface area contributed by atoms with E-state index < -0.39 is 0 Å². The fourth-order valence-corrected chi connectivity index (χ4v) is 1.73. The Morgan fingerprint density at radius 3 is 2.93 bits per heavy atom. The highest BCUT2D eigenvalue weighted by molar-refractivity contribution is 6.00. The van der Waals surface area contributed by atoms with Crippen LogP contribution in [0.15, 0.2) is 28.8 Å². The van der Waals surface area contributed by atoms with E-state index in [1.807, 2.05) is 26.0 Å². The van der Waals surface area contributed by atoms with Crippen molar-refractivity contribution in [3.63, 3.8) is 0 Å². The van der Waals surface area contributed by atoms with Crippen molar-refractivity contribution in [1.82, 2.24) is 9.97 Å². The zero-order valence-corrected chi connectivity index (χ0v) is 8.61. The first-order valence-corrected chi connectivity index (χ1v) is 4.86. The molecule has 0 radical (unpaired) electrons. The van der Waals surface area contributed by atoms with Gasteiger partial charge >= 0.3 is 0 Å². The Balaban J connectivity index is 2.55. The summed E-state index contributed by atoms with van der Waals surface area (Å²) in [7, 11) is 0. The van der Waals surface area contributed by atoms with Crippen molar-refractivity contribution in [2.75, 3.05) is 0 Å². The Labute approximate surface area is 86.8 Å². The number of furan rings is 1. The van der Waals surface area contributed by atoms with Crippen molar-refractivity contribution in [2.45, 2.75) is 13.8 Å². The molecule has 15 heavy (non-hydrogen) atoms. The first-order chi connectivity index (χ1) is 7.24.